The van der Waals surface area contributed by atoms with Crippen molar-refractivity contribution in [2.75, 3.05) is 29.9 Å². The second-order valence-corrected chi connectivity index (χ2v) is 11.9. The van der Waals surface area contributed by atoms with Gasteiger partial charge in [-0.3, -0.25) is 13.9 Å². The highest BCUT2D eigenvalue weighted by Crippen LogP contribution is 2.27. The molecule has 0 unspecified atom stereocenters. The third-order valence-electron chi connectivity index (χ3n) is 6.54. The Morgan fingerprint density at radius 2 is 1.45 bits per heavy atom. The molecule has 0 aromatic heterocycles. The van der Waals surface area contributed by atoms with Gasteiger partial charge in [0.1, 0.15) is 18.0 Å². The van der Waals surface area contributed by atoms with Crippen LogP contribution in [0.15, 0.2) is 101 Å². The van der Waals surface area contributed by atoms with Crippen LogP contribution >= 0.6 is 0 Å². The topological polar surface area (TPSA) is 126 Å². The summed E-state index contributed by atoms with van der Waals surface area (Å²) < 4.78 is 39.0. The number of nitrogens with zero attached hydrogens (tertiary/aromatic N) is 2. The van der Waals surface area contributed by atoms with E-state index in [-0.39, 0.29) is 17.4 Å². The molecule has 0 atom stereocenters. The van der Waals surface area contributed by atoms with Crippen LogP contribution in [0.4, 0.5) is 11.4 Å². The van der Waals surface area contributed by atoms with Gasteiger partial charge in [-0.15, -0.1) is 0 Å². The summed E-state index contributed by atoms with van der Waals surface area (Å²) in [6, 6.07) is 25.5. The predicted octanol–water partition coefficient (Wildman–Crippen LogP) is 4.98. The molecule has 0 aliphatic carbocycles. The number of rotatable bonds is 12. The van der Waals surface area contributed by atoms with E-state index in [9.17, 15) is 18.0 Å². The number of carbonyl (C=O) groups is 2. The number of anilines is 2. The maximum Gasteiger partial charge on any atom is 0.264 e. The van der Waals surface area contributed by atoms with Crippen molar-refractivity contribution in [2.45, 2.75) is 25.7 Å². The van der Waals surface area contributed by atoms with Crippen molar-refractivity contribution in [1.82, 2.24) is 5.43 Å². The van der Waals surface area contributed by atoms with E-state index >= 15 is 0 Å². The van der Waals surface area contributed by atoms with E-state index in [0.717, 1.165) is 21.0 Å². The first kappa shape index (κ1) is 31.8. The number of nitrogens with one attached hydrogen (secondary N) is 2. The van der Waals surface area contributed by atoms with Gasteiger partial charge in [0.25, 0.3) is 21.8 Å². The number of aryl methyl sites for hydroxylation is 3. The first-order valence-electron chi connectivity index (χ1n) is 13.7. The molecule has 44 heavy (non-hydrogen) atoms. The number of methoxy groups -OCH3 is 1. The van der Waals surface area contributed by atoms with Crippen LogP contribution in [0.2, 0.25) is 0 Å². The summed E-state index contributed by atoms with van der Waals surface area (Å²) >= 11 is 0. The van der Waals surface area contributed by atoms with Gasteiger partial charge in [-0.05, 0) is 98.6 Å². The normalized spacial score (nSPS) is 11.2. The Bertz CT molecular complexity index is 1740. The fourth-order valence-corrected chi connectivity index (χ4v) is 5.72. The molecule has 0 heterocycles. The minimum Gasteiger partial charge on any atom is -0.497 e. The number of hydrazone groups is 1. The smallest absolute Gasteiger partial charge is 0.264 e. The summed E-state index contributed by atoms with van der Waals surface area (Å²) in [5.41, 5.74) is 6.71. The average Bonchev–Trinajstić information content (AvgIpc) is 3.00. The Labute approximate surface area is 257 Å². The number of hydrogen-bond donors (Lipinski definition) is 2. The lowest BCUT2D eigenvalue weighted by atomic mass is 10.1. The van der Waals surface area contributed by atoms with E-state index in [0.29, 0.717) is 28.4 Å². The SMILES string of the molecule is COc1ccc(NC(=O)COc2ccc(/C=N\NC(=O)CN(c3ccc(C)cc3C)S(=O)(=O)c3ccc(C)cc3)cc2)cc1. The Balaban J connectivity index is 1.35. The molecule has 11 heteroatoms. The number of benzene rings is 4. The van der Waals surface area contributed by atoms with E-state index in [1.807, 2.05) is 19.9 Å². The van der Waals surface area contributed by atoms with Crippen LogP contribution in [0.25, 0.3) is 0 Å². The number of amides is 2. The fourth-order valence-electron chi connectivity index (χ4n) is 4.24. The molecule has 0 bridgehead atoms. The Morgan fingerprint density at radius 1 is 0.818 bits per heavy atom. The summed E-state index contributed by atoms with van der Waals surface area (Å²) in [5.74, 6) is 0.233. The summed E-state index contributed by atoms with van der Waals surface area (Å²) in [4.78, 5) is 25.2. The summed E-state index contributed by atoms with van der Waals surface area (Å²) in [5, 5.41) is 6.74. The van der Waals surface area contributed by atoms with Crippen LogP contribution in [0.3, 0.4) is 0 Å². The zero-order chi connectivity index (χ0) is 31.7. The van der Waals surface area contributed by atoms with E-state index in [1.54, 1.807) is 86.8 Å². The van der Waals surface area contributed by atoms with Gasteiger partial charge in [0.15, 0.2) is 6.61 Å². The zero-order valence-corrected chi connectivity index (χ0v) is 25.7. The van der Waals surface area contributed by atoms with Gasteiger partial charge in [0.2, 0.25) is 0 Å². The number of hydrogen-bond acceptors (Lipinski definition) is 7. The van der Waals surface area contributed by atoms with Gasteiger partial charge < -0.3 is 14.8 Å². The Kier molecular flexibility index (Phi) is 10.4. The molecule has 0 spiro atoms. The van der Waals surface area contributed by atoms with Crippen LogP contribution in [-0.4, -0.2) is 46.7 Å². The van der Waals surface area contributed by atoms with Crippen molar-refractivity contribution < 1.29 is 27.5 Å². The van der Waals surface area contributed by atoms with Crippen LogP contribution in [0.1, 0.15) is 22.3 Å². The molecule has 0 aliphatic heterocycles. The largest absolute Gasteiger partial charge is 0.497 e. The molecule has 2 N–H and O–H groups in total. The van der Waals surface area contributed by atoms with Gasteiger partial charge >= 0.3 is 0 Å². The molecule has 4 aromatic carbocycles. The van der Waals surface area contributed by atoms with Gasteiger partial charge in [-0.1, -0.05) is 35.4 Å². The third kappa shape index (κ3) is 8.45. The quantitative estimate of drug-likeness (QED) is 0.171. The molecule has 0 saturated heterocycles. The minimum absolute atomic E-state index is 0.0832. The molecular formula is C33H34N4O6S. The molecule has 4 rings (SSSR count). The molecule has 0 radical (unpaired) electrons. The maximum atomic E-state index is 13.6. The van der Waals surface area contributed by atoms with Gasteiger partial charge in [0, 0.05) is 5.69 Å². The molecule has 0 fully saturated rings. The van der Waals surface area contributed by atoms with Gasteiger partial charge in [0.05, 0.1) is 23.9 Å². The second-order valence-electron chi connectivity index (χ2n) is 10.0. The molecule has 0 saturated carbocycles. The molecule has 0 aliphatic rings. The number of carbonyl (C=O) groups excluding carboxylic acids is 2. The molecule has 228 valence electrons. The van der Waals surface area contributed by atoms with Crippen molar-refractivity contribution in [3.63, 3.8) is 0 Å². The van der Waals surface area contributed by atoms with E-state index < -0.39 is 22.5 Å². The highest BCUT2D eigenvalue weighted by atomic mass is 32.2. The maximum absolute atomic E-state index is 13.6. The highest BCUT2D eigenvalue weighted by Gasteiger charge is 2.28. The van der Waals surface area contributed by atoms with Crippen molar-refractivity contribution in [1.29, 1.82) is 0 Å². The van der Waals surface area contributed by atoms with Gasteiger partial charge in [-0.2, -0.15) is 5.10 Å². The Morgan fingerprint density at radius 3 is 2.09 bits per heavy atom. The second kappa shape index (κ2) is 14.3. The molecule has 4 aromatic rings. The third-order valence-corrected chi connectivity index (χ3v) is 8.32. The lowest BCUT2D eigenvalue weighted by Crippen LogP contribution is -2.40. The lowest BCUT2D eigenvalue weighted by Gasteiger charge is -2.25. The standard InChI is InChI=1S/C33H34N4O6S/c1-23-5-16-30(17-6-23)44(40,41)37(31-18-7-24(2)19-25(31)3)21-32(38)36-34-20-26-8-12-29(13-9-26)43-22-33(39)35-27-10-14-28(42-4)15-11-27/h5-20H,21-22H2,1-4H3,(H,35,39)(H,36,38)/b34-20-. The number of ether oxygens (including phenoxy) is 2. The van der Waals surface area contributed by atoms with Crippen LogP contribution in [0.5, 0.6) is 11.5 Å². The van der Waals surface area contributed by atoms with E-state index in [2.05, 4.69) is 15.8 Å². The molecule has 10 nitrogen and oxygen atoms in total. The first-order chi connectivity index (χ1) is 21.0. The first-order valence-corrected chi connectivity index (χ1v) is 15.1. The zero-order valence-electron chi connectivity index (χ0n) is 24.9. The lowest BCUT2D eigenvalue weighted by molar-refractivity contribution is -0.119. The fraction of sp³-hybridized carbons (Fsp3) is 0.182. The monoisotopic (exact) mass is 614 g/mol. The van der Waals surface area contributed by atoms with Crippen LogP contribution < -0.4 is 24.5 Å². The van der Waals surface area contributed by atoms with Crippen LogP contribution in [0, 0.1) is 20.8 Å². The number of sulfonamides is 1. The summed E-state index contributed by atoms with van der Waals surface area (Å²) in [6.45, 7) is 4.93. The van der Waals surface area contributed by atoms with Gasteiger partial charge in [-0.25, -0.2) is 13.8 Å². The van der Waals surface area contributed by atoms with Crippen molar-refractivity contribution >= 4 is 39.4 Å². The van der Waals surface area contributed by atoms with E-state index in [1.165, 1.54) is 18.3 Å². The summed E-state index contributed by atoms with van der Waals surface area (Å²) in [7, 11) is -2.47. The Hall–Kier alpha value is -5.16. The highest BCUT2D eigenvalue weighted by molar-refractivity contribution is 7.92. The minimum atomic E-state index is -4.04. The average molecular weight is 615 g/mol. The van der Waals surface area contributed by atoms with Crippen molar-refractivity contribution in [2.24, 2.45) is 5.10 Å². The van der Waals surface area contributed by atoms with Crippen LogP contribution in [-0.2, 0) is 19.6 Å². The van der Waals surface area contributed by atoms with Crippen molar-refractivity contribution in [3.8, 4) is 11.5 Å². The molecular weight excluding hydrogens is 580 g/mol. The predicted molar refractivity (Wildman–Crippen MR) is 171 cm³/mol. The molecule has 2 amide bonds. The van der Waals surface area contributed by atoms with Crippen molar-refractivity contribution in [3.05, 3.63) is 113 Å². The van der Waals surface area contributed by atoms with E-state index in [4.69, 9.17) is 9.47 Å². The summed E-state index contributed by atoms with van der Waals surface area (Å²) in [6.07, 6.45) is 1.42.